The summed E-state index contributed by atoms with van der Waals surface area (Å²) in [6.45, 7) is 4.34. The van der Waals surface area contributed by atoms with Gasteiger partial charge in [-0.1, -0.05) is 6.58 Å². The molecule has 42 valence electrons. The lowest BCUT2D eigenvalue weighted by atomic mass is 10.3. The SMILES string of the molecule is C=C(CO)CNC. The molecule has 0 radical (unpaired) electrons. The first kappa shape index (κ1) is 6.66. The van der Waals surface area contributed by atoms with Gasteiger partial charge in [0.05, 0.1) is 6.61 Å². The van der Waals surface area contributed by atoms with Gasteiger partial charge in [-0.05, 0) is 12.6 Å². The maximum Gasteiger partial charge on any atom is 0.0651 e. The van der Waals surface area contributed by atoms with Crippen LogP contribution in [-0.2, 0) is 0 Å². The fourth-order valence-corrected chi connectivity index (χ4v) is 0.306. The summed E-state index contributed by atoms with van der Waals surface area (Å²) in [5.41, 5.74) is 0.822. The molecule has 2 heteroatoms. The number of aliphatic hydroxyl groups is 1. The zero-order valence-corrected chi connectivity index (χ0v) is 4.57. The minimum absolute atomic E-state index is 0.0842. The van der Waals surface area contributed by atoms with Crippen LogP contribution in [-0.4, -0.2) is 25.3 Å². The predicted molar refractivity (Wildman–Crippen MR) is 30.2 cm³/mol. The normalized spacial score (nSPS) is 8.86. The van der Waals surface area contributed by atoms with Gasteiger partial charge < -0.3 is 10.4 Å². The first-order valence-electron chi connectivity index (χ1n) is 2.23. The van der Waals surface area contributed by atoms with Crippen LogP contribution in [0.1, 0.15) is 0 Å². The van der Waals surface area contributed by atoms with Crippen LogP contribution >= 0.6 is 0 Å². The van der Waals surface area contributed by atoms with Crippen LogP contribution in [0.15, 0.2) is 12.2 Å². The lowest BCUT2D eigenvalue weighted by molar-refractivity contribution is 0.328. The topological polar surface area (TPSA) is 32.3 Å². The molecule has 0 aliphatic rings. The van der Waals surface area contributed by atoms with E-state index >= 15 is 0 Å². The molecule has 0 bridgehead atoms. The predicted octanol–water partition coefficient (Wildman–Crippen LogP) is -0.246. The van der Waals surface area contributed by atoms with Crippen molar-refractivity contribution in [3.05, 3.63) is 12.2 Å². The quantitative estimate of drug-likeness (QED) is 0.481. The zero-order chi connectivity index (χ0) is 5.70. The highest BCUT2D eigenvalue weighted by atomic mass is 16.3. The first-order chi connectivity index (χ1) is 3.31. The smallest absolute Gasteiger partial charge is 0.0651 e. The van der Waals surface area contributed by atoms with Crippen molar-refractivity contribution < 1.29 is 5.11 Å². The van der Waals surface area contributed by atoms with E-state index in [4.69, 9.17) is 5.11 Å². The third-order valence-corrected chi connectivity index (χ3v) is 0.650. The molecular weight excluding hydrogens is 90.1 g/mol. The molecule has 2 nitrogen and oxygen atoms in total. The minimum atomic E-state index is 0.0842. The molecule has 0 fully saturated rings. The molecule has 0 aromatic rings. The monoisotopic (exact) mass is 101 g/mol. The molecule has 0 saturated carbocycles. The Morgan fingerprint density at radius 1 is 1.86 bits per heavy atom. The molecule has 7 heavy (non-hydrogen) atoms. The highest BCUT2D eigenvalue weighted by Crippen LogP contribution is 1.79. The second-order valence-corrected chi connectivity index (χ2v) is 1.44. The fraction of sp³-hybridized carbons (Fsp3) is 0.600. The van der Waals surface area contributed by atoms with Crippen LogP contribution in [0.2, 0.25) is 0 Å². The molecule has 0 heterocycles. The number of hydrogen-bond donors (Lipinski definition) is 2. The van der Waals surface area contributed by atoms with Gasteiger partial charge in [-0.15, -0.1) is 0 Å². The van der Waals surface area contributed by atoms with Gasteiger partial charge in [-0.25, -0.2) is 0 Å². The van der Waals surface area contributed by atoms with Crippen molar-refractivity contribution in [3.63, 3.8) is 0 Å². The van der Waals surface area contributed by atoms with E-state index in [1.165, 1.54) is 0 Å². The van der Waals surface area contributed by atoms with Crippen molar-refractivity contribution in [3.8, 4) is 0 Å². The molecule has 0 rings (SSSR count). The molecule has 0 aliphatic carbocycles. The largest absolute Gasteiger partial charge is 0.392 e. The van der Waals surface area contributed by atoms with Gasteiger partial charge >= 0.3 is 0 Å². The van der Waals surface area contributed by atoms with E-state index in [1.54, 1.807) is 0 Å². The summed E-state index contributed by atoms with van der Waals surface area (Å²) >= 11 is 0. The molecule has 0 aromatic carbocycles. The van der Waals surface area contributed by atoms with Gasteiger partial charge in [0.1, 0.15) is 0 Å². The number of hydrogen-bond acceptors (Lipinski definition) is 2. The van der Waals surface area contributed by atoms with Crippen LogP contribution in [0.25, 0.3) is 0 Å². The van der Waals surface area contributed by atoms with Crippen molar-refractivity contribution in [2.45, 2.75) is 0 Å². The number of likely N-dealkylation sites (N-methyl/N-ethyl adjacent to an activating group) is 1. The zero-order valence-electron chi connectivity index (χ0n) is 4.57. The third-order valence-electron chi connectivity index (χ3n) is 0.650. The van der Waals surface area contributed by atoms with E-state index in [1.807, 2.05) is 7.05 Å². The van der Waals surface area contributed by atoms with E-state index < -0.39 is 0 Å². The van der Waals surface area contributed by atoms with E-state index in [0.717, 1.165) is 5.57 Å². The Hall–Kier alpha value is -0.340. The van der Waals surface area contributed by atoms with Crippen LogP contribution < -0.4 is 5.32 Å². The van der Waals surface area contributed by atoms with Gasteiger partial charge in [0.2, 0.25) is 0 Å². The van der Waals surface area contributed by atoms with E-state index in [-0.39, 0.29) is 6.61 Å². The molecular formula is C5H11NO. The van der Waals surface area contributed by atoms with E-state index in [9.17, 15) is 0 Å². The molecule has 0 atom stereocenters. The molecule has 2 N–H and O–H groups in total. The van der Waals surface area contributed by atoms with E-state index in [2.05, 4.69) is 11.9 Å². The van der Waals surface area contributed by atoms with Gasteiger partial charge in [-0.2, -0.15) is 0 Å². The van der Waals surface area contributed by atoms with Crippen LogP contribution in [0, 0.1) is 0 Å². The maximum absolute atomic E-state index is 8.33. The maximum atomic E-state index is 8.33. The fourth-order valence-electron chi connectivity index (χ4n) is 0.306. The molecule has 0 aromatic heterocycles. The lowest BCUT2D eigenvalue weighted by Gasteiger charge is -1.95. The summed E-state index contributed by atoms with van der Waals surface area (Å²) in [5, 5.41) is 11.2. The number of nitrogens with one attached hydrogen (secondary N) is 1. The molecule has 0 unspecified atom stereocenters. The average molecular weight is 101 g/mol. The minimum Gasteiger partial charge on any atom is -0.392 e. The summed E-state index contributed by atoms with van der Waals surface area (Å²) in [6, 6.07) is 0. The summed E-state index contributed by atoms with van der Waals surface area (Å²) in [4.78, 5) is 0. The lowest BCUT2D eigenvalue weighted by Crippen LogP contribution is -2.11. The van der Waals surface area contributed by atoms with Gasteiger partial charge in [-0.3, -0.25) is 0 Å². The Morgan fingerprint density at radius 3 is 2.57 bits per heavy atom. The van der Waals surface area contributed by atoms with Gasteiger partial charge in [0.25, 0.3) is 0 Å². The van der Waals surface area contributed by atoms with Crippen LogP contribution in [0.4, 0.5) is 0 Å². The van der Waals surface area contributed by atoms with Crippen LogP contribution in [0.3, 0.4) is 0 Å². The number of rotatable bonds is 3. The Kier molecular flexibility index (Phi) is 3.65. The Bertz CT molecular complexity index is 61.1. The molecule has 0 spiro atoms. The third kappa shape index (κ3) is 3.49. The van der Waals surface area contributed by atoms with Crippen molar-refractivity contribution in [2.75, 3.05) is 20.2 Å². The average Bonchev–Trinajstić information content (AvgIpc) is 1.68. The molecule has 0 saturated heterocycles. The first-order valence-corrected chi connectivity index (χ1v) is 2.23. The second-order valence-electron chi connectivity index (χ2n) is 1.44. The highest BCUT2D eigenvalue weighted by Gasteiger charge is 1.83. The van der Waals surface area contributed by atoms with E-state index in [0.29, 0.717) is 6.54 Å². The van der Waals surface area contributed by atoms with Crippen molar-refractivity contribution in [1.82, 2.24) is 5.32 Å². The van der Waals surface area contributed by atoms with Crippen molar-refractivity contribution in [1.29, 1.82) is 0 Å². The van der Waals surface area contributed by atoms with Gasteiger partial charge in [0, 0.05) is 6.54 Å². The Labute approximate surface area is 43.9 Å². The second kappa shape index (κ2) is 3.84. The highest BCUT2D eigenvalue weighted by molar-refractivity contribution is 4.95. The number of aliphatic hydroxyl groups excluding tert-OH is 1. The Balaban J connectivity index is 3.00. The molecule has 0 amide bonds. The van der Waals surface area contributed by atoms with Gasteiger partial charge in [0.15, 0.2) is 0 Å². The summed E-state index contributed by atoms with van der Waals surface area (Å²) < 4.78 is 0. The summed E-state index contributed by atoms with van der Waals surface area (Å²) in [7, 11) is 1.82. The van der Waals surface area contributed by atoms with Crippen molar-refractivity contribution in [2.24, 2.45) is 0 Å². The van der Waals surface area contributed by atoms with Crippen LogP contribution in [0.5, 0.6) is 0 Å². The summed E-state index contributed by atoms with van der Waals surface area (Å²) in [5.74, 6) is 0. The van der Waals surface area contributed by atoms with Crippen molar-refractivity contribution >= 4 is 0 Å². The summed E-state index contributed by atoms with van der Waals surface area (Å²) in [6.07, 6.45) is 0. The Morgan fingerprint density at radius 2 is 2.43 bits per heavy atom. The molecule has 0 aliphatic heterocycles. The standard InChI is InChI=1S/C5H11NO/c1-5(4-7)3-6-2/h6-7H,1,3-4H2,2H3.